The molecule has 2 unspecified atom stereocenters. The maximum atomic E-state index is 11.3. The third kappa shape index (κ3) is 4.18. The first-order chi connectivity index (χ1) is 13.6. The summed E-state index contributed by atoms with van der Waals surface area (Å²) in [6.45, 7) is 3.09. The number of aliphatic carboxylic acids is 1. The second-order valence-corrected chi connectivity index (χ2v) is 8.23. The first-order valence-electron chi connectivity index (χ1n) is 9.47. The second kappa shape index (κ2) is 8.29. The van der Waals surface area contributed by atoms with Gasteiger partial charge in [-0.05, 0) is 42.8 Å². The lowest BCUT2D eigenvalue weighted by Gasteiger charge is -2.24. The highest BCUT2D eigenvalue weighted by Gasteiger charge is 2.21. The van der Waals surface area contributed by atoms with Crippen LogP contribution in [0.1, 0.15) is 18.2 Å². The molecule has 0 bridgehead atoms. The van der Waals surface area contributed by atoms with Crippen molar-refractivity contribution >= 4 is 34.4 Å². The standard InChI is InChI=1S/C22H23NO4S/c1-2-26-20(22(24)25)10-14-7-8-19-15(9-14)11-16(27-19)12-17-13-23-18-5-3-4-6-21(18)28-17/h3-9,11,17,20,23H,2,10,12-13H2,1H3,(H,24,25). The minimum atomic E-state index is -0.933. The number of furan rings is 1. The van der Waals surface area contributed by atoms with Gasteiger partial charge in [0.05, 0.1) is 0 Å². The number of carboxylic acids is 1. The van der Waals surface area contributed by atoms with Crippen LogP contribution in [0.25, 0.3) is 11.0 Å². The number of nitrogens with one attached hydrogen (secondary N) is 1. The molecule has 2 atom stereocenters. The minimum absolute atomic E-state index is 0.346. The quantitative estimate of drug-likeness (QED) is 0.607. The van der Waals surface area contributed by atoms with Gasteiger partial charge in [-0.3, -0.25) is 0 Å². The van der Waals surface area contributed by atoms with Crippen LogP contribution in [0.2, 0.25) is 0 Å². The van der Waals surface area contributed by atoms with Crippen LogP contribution < -0.4 is 5.32 Å². The average Bonchev–Trinajstić information content (AvgIpc) is 3.09. The monoisotopic (exact) mass is 397 g/mol. The summed E-state index contributed by atoms with van der Waals surface area (Å²) >= 11 is 1.88. The largest absolute Gasteiger partial charge is 0.479 e. The Kier molecular flexibility index (Phi) is 5.59. The van der Waals surface area contributed by atoms with E-state index in [9.17, 15) is 9.90 Å². The summed E-state index contributed by atoms with van der Waals surface area (Å²) in [5.41, 5.74) is 2.96. The number of ether oxygens (including phenoxy) is 1. The van der Waals surface area contributed by atoms with E-state index in [1.54, 1.807) is 6.92 Å². The number of rotatable bonds is 7. The van der Waals surface area contributed by atoms with Crippen molar-refractivity contribution in [1.29, 1.82) is 0 Å². The Balaban J connectivity index is 1.47. The summed E-state index contributed by atoms with van der Waals surface area (Å²) in [4.78, 5) is 12.6. The fourth-order valence-electron chi connectivity index (χ4n) is 3.51. The first-order valence-corrected chi connectivity index (χ1v) is 10.4. The molecule has 2 heterocycles. The number of para-hydroxylation sites is 1. The van der Waals surface area contributed by atoms with Gasteiger partial charge >= 0.3 is 5.97 Å². The molecule has 0 saturated heterocycles. The Labute approximate surface area is 168 Å². The smallest absolute Gasteiger partial charge is 0.333 e. The highest BCUT2D eigenvalue weighted by molar-refractivity contribution is 8.00. The van der Waals surface area contributed by atoms with E-state index in [1.165, 1.54) is 10.6 Å². The van der Waals surface area contributed by atoms with Crippen LogP contribution in [0.5, 0.6) is 0 Å². The predicted molar refractivity (Wildman–Crippen MR) is 111 cm³/mol. The van der Waals surface area contributed by atoms with Crippen molar-refractivity contribution in [2.45, 2.75) is 36.0 Å². The van der Waals surface area contributed by atoms with Crippen molar-refractivity contribution in [2.24, 2.45) is 0 Å². The molecule has 0 aliphatic carbocycles. The zero-order valence-electron chi connectivity index (χ0n) is 15.7. The number of hydrogen-bond acceptors (Lipinski definition) is 5. The van der Waals surface area contributed by atoms with Gasteiger partial charge in [-0.25, -0.2) is 4.79 Å². The van der Waals surface area contributed by atoms with E-state index in [1.807, 2.05) is 36.0 Å². The maximum absolute atomic E-state index is 11.3. The van der Waals surface area contributed by atoms with E-state index in [4.69, 9.17) is 9.15 Å². The van der Waals surface area contributed by atoms with Crippen molar-refractivity contribution in [1.82, 2.24) is 0 Å². The van der Waals surface area contributed by atoms with Crippen LogP contribution in [0, 0.1) is 0 Å². The lowest BCUT2D eigenvalue weighted by molar-refractivity contribution is -0.149. The summed E-state index contributed by atoms with van der Waals surface area (Å²) < 4.78 is 11.3. The average molecular weight is 397 g/mol. The van der Waals surface area contributed by atoms with Gasteiger partial charge in [-0.2, -0.15) is 0 Å². The Morgan fingerprint density at radius 2 is 2.18 bits per heavy atom. The molecule has 4 rings (SSSR count). The molecule has 0 amide bonds. The molecule has 0 spiro atoms. The van der Waals surface area contributed by atoms with Gasteiger partial charge in [-0.15, -0.1) is 11.8 Å². The SMILES string of the molecule is CCOC(Cc1ccc2oc(CC3CNc4ccccc4S3)cc2c1)C(=O)O. The van der Waals surface area contributed by atoms with E-state index in [2.05, 4.69) is 29.6 Å². The molecule has 6 heteroatoms. The molecule has 2 N–H and O–H groups in total. The molecule has 1 aliphatic heterocycles. The van der Waals surface area contributed by atoms with Crippen LogP contribution in [0.4, 0.5) is 5.69 Å². The van der Waals surface area contributed by atoms with Crippen molar-refractivity contribution in [3.8, 4) is 0 Å². The zero-order chi connectivity index (χ0) is 19.5. The number of carbonyl (C=O) groups is 1. The summed E-state index contributed by atoms with van der Waals surface area (Å²) in [6.07, 6.45) is 0.365. The topological polar surface area (TPSA) is 71.7 Å². The third-order valence-corrected chi connectivity index (χ3v) is 6.10. The summed E-state index contributed by atoms with van der Waals surface area (Å²) in [5, 5.41) is 14.2. The number of fused-ring (bicyclic) bond motifs is 2. The molecule has 28 heavy (non-hydrogen) atoms. The number of anilines is 1. The first kappa shape index (κ1) is 18.9. The molecule has 0 fully saturated rings. The van der Waals surface area contributed by atoms with E-state index in [-0.39, 0.29) is 0 Å². The van der Waals surface area contributed by atoms with Crippen molar-refractivity contribution in [3.63, 3.8) is 0 Å². The Morgan fingerprint density at radius 3 is 3.00 bits per heavy atom. The number of hydrogen-bond donors (Lipinski definition) is 2. The fourth-order valence-corrected chi connectivity index (χ4v) is 4.70. The highest BCUT2D eigenvalue weighted by Crippen LogP contribution is 2.36. The van der Waals surface area contributed by atoms with E-state index >= 15 is 0 Å². The number of carboxylic acid groups (broad SMARTS) is 1. The van der Waals surface area contributed by atoms with Crippen molar-refractivity contribution in [2.75, 3.05) is 18.5 Å². The van der Waals surface area contributed by atoms with Crippen molar-refractivity contribution in [3.05, 3.63) is 59.9 Å². The molecule has 3 aromatic rings. The molecule has 2 aromatic carbocycles. The predicted octanol–water partition coefficient (Wildman–Crippen LogP) is 4.59. The Morgan fingerprint density at radius 1 is 1.32 bits per heavy atom. The van der Waals surface area contributed by atoms with Crippen LogP contribution in [0.15, 0.2) is 57.8 Å². The van der Waals surface area contributed by atoms with Crippen LogP contribution in [-0.2, 0) is 22.4 Å². The number of benzene rings is 2. The second-order valence-electron chi connectivity index (χ2n) is 6.89. The van der Waals surface area contributed by atoms with Gasteiger partial charge < -0.3 is 19.6 Å². The third-order valence-electron chi connectivity index (χ3n) is 4.83. The van der Waals surface area contributed by atoms with Gasteiger partial charge in [0, 0.05) is 47.2 Å². The molecule has 1 aliphatic rings. The van der Waals surface area contributed by atoms with E-state index < -0.39 is 12.1 Å². The lowest BCUT2D eigenvalue weighted by Crippen LogP contribution is -2.26. The fraction of sp³-hybridized carbons (Fsp3) is 0.318. The van der Waals surface area contributed by atoms with Gasteiger partial charge in [0.1, 0.15) is 11.3 Å². The Bertz CT molecular complexity index is 984. The van der Waals surface area contributed by atoms with Crippen molar-refractivity contribution < 1.29 is 19.1 Å². The molecule has 5 nitrogen and oxygen atoms in total. The van der Waals surface area contributed by atoms with Gasteiger partial charge in [-0.1, -0.05) is 18.2 Å². The van der Waals surface area contributed by atoms with Crippen LogP contribution in [-0.4, -0.2) is 35.6 Å². The number of thioether (sulfide) groups is 1. The Hall–Kier alpha value is -2.44. The van der Waals surface area contributed by atoms with Gasteiger partial charge in [0.2, 0.25) is 0 Å². The molecule has 0 saturated carbocycles. The lowest BCUT2D eigenvalue weighted by atomic mass is 10.1. The molecule has 1 aromatic heterocycles. The summed E-state index contributed by atoms with van der Waals surface area (Å²) in [6, 6.07) is 16.2. The summed E-state index contributed by atoms with van der Waals surface area (Å²) in [7, 11) is 0. The molecular formula is C22H23NO4S. The highest BCUT2D eigenvalue weighted by atomic mass is 32.2. The molecular weight excluding hydrogens is 374 g/mol. The van der Waals surface area contributed by atoms with Gasteiger partial charge in [0.15, 0.2) is 6.10 Å². The molecule has 0 radical (unpaired) electrons. The maximum Gasteiger partial charge on any atom is 0.333 e. The zero-order valence-corrected chi connectivity index (χ0v) is 16.5. The van der Waals surface area contributed by atoms with Gasteiger partial charge in [0.25, 0.3) is 0 Å². The summed E-state index contributed by atoms with van der Waals surface area (Å²) in [5.74, 6) is 0.0161. The van der Waals surface area contributed by atoms with E-state index in [0.717, 1.165) is 35.3 Å². The molecule has 146 valence electrons. The normalized spacial score (nSPS) is 17.1. The van der Waals surface area contributed by atoms with Crippen LogP contribution in [0.3, 0.4) is 0 Å². The van der Waals surface area contributed by atoms with E-state index in [0.29, 0.717) is 18.3 Å². The minimum Gasteiger partial charge on any atom is -0.479 e. The van der Waals surface area contributed by atoms with Crippen LogP contribution >= 0.6 is 11.8 Å².